The molecule has 0 N–H and O–H groups in total. The number of hydrogen-bond acceptors (Lipinski definition) is 2. The second-order valence-electron chi connectivity index (χ2n) is 3.98. The highest BCUT2D eigenvalue weighted by Gasteiger charge is 2.07. The van der Waals surface area contributed by atoms with Crippen LogP contribution in [-0.2, 0) is 0 Å². The Hall–Kier alpha value is -1.84. The van der Waals surface area contributed by atoms with Crippen molar-refractivity contribution in [3.8, 4) is 16.9 Å². The molecule has 0 aliphatic carbocycles. The van der Waals surface area contributed by atoms with Crippen LogP contribution in [-0.4, -0.2) is 14.8 Å². The third-order valence-electron chi connectivity index (χ3n) is 2.70. The zero-order chi connectivity index (χ0) is 13.2. The third-order valence-corrected chi connectivity index (χ3v) is 3.24. The fourth-order valence-corrected chi connectivity index (χ4v) is 2.29. The quantitative estimate of drug-likeness (QED) is 0.706. The molecule has 0 saturated heterocycles. The maximum atomic E-state index is 6.16. The molecule has 0 radical (unpaired) electrons. The van der Waals surface area contributed by atoms with Crippen LogP contribution in [0.2, 0.25) is 10.0 Å². The summed E-state index contributed by atoms with van der Waals surface area (Å²) in [4.78, 5) is 4.08. The van der Waals surface area contributed by atoms with Gasteiger partial charge in [-0.05, 0) is 36.4 Å². The van der Waals surface area contributed by atoms with E-state index in [1.807, 2.05) is 30.5 Å². The number of benzene rings is 1. The summed E-state index contributed by atoms with van der Waals surface area (Å²) in [5.41, 5.74) is 2.60. The SMILES string of the molecule is Clc1ccc(-n2ccc(-c3cccnc3)n2)c(Cl)c1. The minimum Gasteiger partial charge on any atom is -0.264 e. The molecule has 5 heteroatoms. The Bertz CT molecular complexity index is 708. The first-order valence-corrected chi connectivity index (χ1v) is 6.41. The molecule has 0 amide bonds. The topological polar surface area (TPSA) is 30.7 Å². The Morgan fingerprint density at radius 3 is 2.68 bits per heavy atom. The first-order chi connectivity index (χ1) is 9.24. The van der Waals surface area contributed by atoms with Crippen LogP contribution >= 0.6 is 23.2 Å². The molecule has 0 atom stereocenters. The zero-order valence-electron chi connectivity index (χ0n) is 9.79. The number of nitrogens with zero attached hydrogens (tertiary/aromatic N) is 3. The first kappa shape index (κ1) is 12.2. The molecule has 0 unspecified atom stereocenters. The summed E-state index contributed by atoms with van der Waals surface area (Å²) in [6, 6.07) is 11.1. The number of rotatable bonds is 2. The van der Waals surface area contributed by atoms with Crippen molar-refractivity contribution in [1.82, 2.24) is 14.8 Å². The van der Waals surface area contributed by atoms with Gasteiger partial charge in [-0.1, -0.05) is 23.2 Å². The smallest absolute Gasteiger partial charge is 0.0943 e. The van der Waals surface area contributed by atoms with Crippen molar-refractivity contribution in [2.24, 2.45) is 0 Å². The predicted molar refractivity (Wildman–Crippen MR) is 76.8 cm³/mol. The predicted octanol–water partition coefficient (Wildman–Crippen LogP) is 4.24. The Balaban J connectivity index is 2.02. The van der Waals surface area contributed by atoms with E-state index in [0.717, 1.165) is 16.9 Å². The van der Waals surface area contributed by atoms with E-state index in [0.29, 0.717) is 10.0 Å². The summed E-state index contributed by atoms with van der Waals surface area (Å²) < 4.78 is 1.72. The van der Waals surface area contributed by atoms with Crippen molar-refractivity contribution in [3.05, 3.63) is 65.0 Å². The van der Waals surface area contributed by atoms with E-state index in [2.05, 4.69) is 10.1 Å². The van der Waals surface area contributed by atoms with E-state index in [1.165, 1.54) is 0 Å². The number of aromatic nitrogens is 3. The highest BCUT2D eigenvalue weighted by Crippen LogP contribution is 2.25. The Kier molecular flexibility index (Phi) is 3.23. The molecule has 2 aromatic heterocycles. The van der Waals surface area contributed by atoms with Crippen LogP contribution in [0.4, 0.5) is 0 Å². The lowest BCUT2D eigenvalue weighted by molar-refractivity contribution is 0.884. The molecule has 0 fully saturated rings. The number of halogens is 2. The van der Waals surface area contributed by atoms with Crippen molar-refractivity contribution in [2.75, 3.05) is 0 Å². The van der Waals surface area contributed by atoms with Crippen molar-refractivity contribution >= 4 is 23.2 Å². The van der Waals surface area contributed by atoms with E-state index in [-0.39, 0.29) is 0 Å². The summed E-state index contributed by atoms with van der Waals surface area (Å²) in [7, 11) is 0. The number of pyridine rings is 1. The second kappa shape index (κ2) is 5.03. The molecule has 19 heavy (non-hydrogen) atoms. The summed E-state index contributed by atoms with van der Waals surface area (Å²) in [6.07, 6.45) is 5.37. The molecule has 94 valence electrons. The van der Waals surface area contributed by atoms with E-state index >= 15 is 0 Å². The fraction of sp³-hybridized carbons (Fsp3) is 0. The largest absolute Gasteiger partial charge is 0.264 e. The van der Waals surface area contributed by atoms with Crippen LogP contribution in [0, 0.1) is 0 Å². The summed E-state index contributed by atoms with van der Waals surface area (Å²) in [5, 5.41) is 5.66. The van der Waals surface area contributed by atoms with Gasteiger partial charge < -0.3 is 0 Å². The molecule has 1 aromatic carbocycles. The van der Waals surface area contributed by atoms with Crippen molar-refractivity contribution in [3.63, 3.8) is 0 Å². The van der Waals surface area contributed by atoms with Gasteiger partial charge in [0, 0.05) is 29.2 Å². The molecule has 3 rings (SSSR count). The molecule has 0 saturated carbocycles. The van der Waals surface area contributed by atoms with E-state index in [9.17, 15) is 0 Å². The average molecular weight is 290 g/mol. The summed E-state index contributed by atoms with van der Waals surface area (Å²) >= 11 is 12.0. The van der Waals surface area contributed by atoms with E-state index in [4.69, 9.17) is 23.2 Å². The molecule has 0 spiro atoms. The molecule has 0 aliphatic heterocycles. The summed E-state index contributed by atoms with van der Waals surface area (Å²) in [6.45, 7) is 0. The minimum absolute atomic E-state index is 0.563. The monoisotopic (exact) mass is 289 g/mol. The van der Waals surface area contributed by atoms with Gasteiger partial charge in [0.05, 0.1) is 16.4 Å². The molecular weight excluding hydrogens is 281 g/mol. The molecular formula is C14H9Cl2N3. The van der Waals surface area contributed by atoms with Gasteiger partial charge in [0.1, 0.15) is 0 Å². The Labute approximate surface area is 120 Å². The highest BCUT2D eigenvalue weighted by molar-refractivity contribution is 6.35. The molecule has 0 aliphatic rings. The summed E-state index contributed by atoms with van der Waals surface area (Å²) in [5.74, 6) is 0. The lowest BCUT2D eigenvalue weighted by atomic mass is 10.2. The average Bonchev–Trinajstić information content (AvgIpc) is 2.89. The Morgan fingerprint density at radius 2 is 1.95 bits per heavy atom. The van der Waals surface area contributed by atoms with Crippen molar-refractivity contribution < 1.29 is 0 Å². The van der Waals surface area contributed by atoms with Crippen LogP contribution in [0.15, 0.2) is 55.0 Å². The van der Waals surface area contributed by atoms with Crippen LogP contribution < -0.4 is 0 Å². The van der Waals surface area contributed by atoms with Gasteiger partial charge in [0.15, 0.2) is 0 Å². The van der Waals surface area contributed by atoms with Gasteiger partial charge in [0.2, 0.25) is 0 Å². The van der Waals surface area contributed by atoms with Gasteiger partial charge in [0.25, 0.3) is 0 Å². The van der Waals surface area contributed by atoms with Gasteiger partial charge in [-0.15, -0.1) is 0 Å². The van der Waals surface area contributed by atoms with E-state index < -0.39 is 0 Å². The third kappa shape index (κ3) is 2.48. The van der Waals surface area contributed by atoms with Crippen LogP contribution in [0.25, 0.3) is 16.9 Å². The normalized spacial score (nSPS) is 10.6. The lowest BCUT2D eigenvalue weighted by Gasteiger charge is -2.04. The van der Waals surface area contributed by atoms with Gasteiger partial charge in [-0.25, -0.2) is 4.68 Å². The maximum absolute atomic E-state index is 6.16. The first-order valence-electron chi connectivity index (χ1n) is 5.65. The lowest BCUT2D eigenvalue weighted by Crippen LogP contribution is -1.96. The van der Waals surface area contributed by atoms with Crippen LogP contribution in [0.5, 0.6) is 0 Å². The maximum Gasteiger partial charge on any atom is 0.0943 e. The number of hydrogen-bond donors (Lipinski definition) is 0. The van der Waals surface area contributed by atoms with Gasteiger partial charge in [-0.3, -0.25) is 4.98 Å². The van der Waals surface area contributed by atoms with E-state index in [1.54, 1.807) is 29.2 Å². The second-order valence-corrected chi connectivity index (χ2v) is 4.83. The molecule has 3 nitrogen and oxygen atoms in total. The molecule has 0 bridgehead atoms. The van der Waals surface area contributed by atoms with Crippen molar-refractivity contribution in [2.45, 2.75) is 0 Å². The highest BCUT2D eigenvalue weighted by atomic mass is 35.5. The Morgan fingerprint density at radius 1 is 1.05 bits per heavy atom. The standard InChI is InChI=1S/C14H9Cl2N3/c15-11-3-4-14(12(16)8-11)19-7-5-13(18-19)10-2-1-6-17-9-10/h1-9H. The van der Waals surface area contributed by atoms with Gasteiger partial charge in [-0.2, -0.15) is 5.10 Å². The van der Waals surface area contributed by atoms with Crippen LogP contribution in [0.3, 0.4) is 0 Å². The molecule has 3 aromatic rings. The molecule has 2 heterocycles. The van der Waals surface area contributed by atoms with Gasteiger partial charge >= 0.3 is 0 Å². The van der Waals surface area contributed by atoms with Crippen molar-refractivity contribution in [1.29, 1.82) is 0 Å². The van der Waals surface area contributed by atoms with Crippen LogP contribution in [0.1, 0.15) is 0 Å². The minimum atomic E-state index is 0.563. The zero-order valence-corrected chi connectivity index (χ0v) is 11.3. The fourth-order valence-electron chi connectivity index (χ4n) is 1.79.